The van der Waals surface area contributed by atoms with Gasteiger partial charge in [0.25, 0.3) is 0 Å². The van der Waals surface area contributed by atoms with Gasteiger partial charge in [-0.1, -0.05) is 6.92 Å². The van der Waals surface area contributed by atoms with Gasteiger partial charge in [-0.3, -0.25) is 9.59 Å². The van der Waals surface area contributed by atoms with Crippen LogP contribution in [0.3, 0.4) is 0 Å². The Labute approximate surface area is 122 Å². The SMILES string of the molecule is CCC1CCCCN1C(=O)C1CCCN1C(=O)C(F)(F)F. The molecule has 2 saturated heterocycles. The molecule has 120 valence electrons. The smallest absolute Gasteiger partial charge is 0.338 e. The number of nitrogens with zero attached hydrogens (tertiary/aromatic N) is 2. The fraction of sp³-hybridized carbons (Fsp3) is 0.857. The van der Waals surface area contributed by atoms with Gasteiger partial charge in [-0.15, -0.1) is 0 Å². The number of carbonyl (C=O) groups is 2. The Bertz CT molecular complexity index is 412. The standard InChI is InChI=1S/C14H21F3N2O2/c1-2-10-6-3-4-8-18(10)12(20)11-7-5-9-19(11)13(21)14(15,16)17/h10-11H,2-9H2,1H3. The van der Waals surface area contributed by atoms with Gasteiger partial charge in [0.05, 0.1) is 0 Å². The van der Waals surface area contributed by atoms with Crippen molar-refractivity contribution in [3.63, 3.8) is 0 Å². The third-order valence-corrected chi connectivity index (χ3v) is 4.42. The van der Waals surface area contributed by atoms with Crippen LogP contribution >= 0.6 is 0 Å². The maximum absolute atomic E-state index is 12.6. The van der Waals surface area contributed by atoms with Gasteiger partial charge in [0.2, 0.25) is 5.91 Å². The highest BCUT2D eigenvalue weighted by Crippen LogP contribution is 2.29. The lowest BCUT2D eigenvalue weighted by Gasteiger charge is -2.38. The molecule has 0 aromatic carbocycles. The zero-order valence-electron chi connectivity index (χ0n) is 12.2. The molecule has 4 nitrogen and oxygen atoms in total. The van der Waals surface area contributed by atoms with Crippen LogP contribution in [0.2, 0.25) is 0 Å². The third-order valence-electron chi connectivity index (χ3n) is 4.42. The summed E-state index contributed by atoms with van der Waals surface area (Å²) in [5, 5.41) is 0. The Morgan fingerprint density at radius 2 is 1.71 bits per heavy atom. The summed E-state index contributed by atoms with van der Waals surface area (Å²) in [6.45, 7) is 2.57. The number of hydrogen-bond donors (Lipinski definition) is 0. The van der Waals surface area contributed by atoms with Crippen molar-refractivity contribution in [2.75, 3.05) is 13.1 Å². The Hall–Kier alpha value is -1.27. The van der Waals surface area contributed by atoms with Gasteiger partial charge in [0, 0.05) is 19.1 Å². The Balaban J connectivity index is 2.12. The zero-order chi connectivity index (χ0) is 15.6. The van der Waals surface area contributed by atoms with E-state index in [1.54, 1.807) is 4.90 Å². The molecule has 2 atom stereocenters. The Morgan fingerprint density at radius 3 is 2.33 bits per heavy atom. The van der Waals surface area contributed by atoms with Crippen molar-refractivity contribution in [1.29, 1.82) is 0 Å². The molecule has 0 bridgehead atoms. The number of alkyl halides is 3. The van der Waals surface area contributed by atoms with E-state index in [-0.39, 0.29) is 18.5 Å². The van der Waals surface area contributed by atoms with Crippen LogP contribution in [0.15, 0.2) is 0 Å². The molecule has 2 aliphatic rings. The van der Waals surface area contributed by atoms with Crippen LogP contribution in [0, 0.1) is 0 Å². The average molecular weight is 306 g/mol. The molecule has 2 rings (SSSR count). The van der Waals surface area contributed by atoms with Crippen molar-refractivity contribution in [3.05, 3.63) is 0 Å². The minimum atomic E-state index is -4.91. The molecule has 0 aromatic rings. The quantitative estimate of drug-likeness (QED) is 0.785. The van der Waals surface area contributed by atoms with Crippen molar-refractivity contribution < 1.29 is 22.8 Å². The van der Waals surface area contributed by atoms with Gasteiger partial charge in [-0.05, 0) is 38.5 Å². The molecule has 0 saturated carbocycles. The van der Waals surface area contributed by atoms with Gasteiger partial charge in [-0.25, -0.2) is 0 Å². The van der Waals surface area contributed by atoms with Crippen LogP contribution < -0.4 is 0 Å². The number of amides is 2. The normalized spacial score (nSPS) is 27.0. The first-order valence-electron chi connectivity index (χ1n) is 7.54. The molecule has 0 spiro atoms. The molecule has 2 fully saturated rings. The number of piperidine rings is 1. The van der Waals surface area contributed by atoms with E-state index >= 15 is 0 Å². The molecule has 0 aromatic heterocycles. The predicted molar refractivity (Wildman–Crippen MR) is 70.4 cm³/mol. The first-order chi connectivity index (χ1) is 9.86. The van der Waals surface area contributed by atoms with Crippen LogP contribution in [0.4, 0.5) is 13.2 Å². The maximum Gasteiger partial charge on any atom is 0.471 e. The van der Waals surface area contributed by atoms with Gasteiger partial charge >= 0.3 is 12.1 Å². The molecule has 0 N–H and O–H groups in total. The Morgan fingerprint density at radius 1 is 1.05 bits per heavy atom. The molecular weight excluding hydrogens is 285 g/mol. The summed E-state index contributed by atoms with van der Waals surface area (Å²) < 4.78 is 37.8. The Kier molecular flexibility index (Phi) is 4.78. The highest BCUT2D eigenvalue weighted by atomic mass is 19.4. The van der Waals surface area contributed by atoms with Crippen LogP contribution in [-0.2, 0) is 9.59 Å². The average Bonchev–Trinajstić information content (AvgIpc) is 2.93. The van der Waals surface area contributed by atoms with Gasteiger partial charge in [0.1, 0.15) is 6.04 Å². The zero-order valence-corrected chi connectivity index (χ0v) is 12.2. The summed E-state index contributed by atoms with van der Waals surface area (Å²) in [5.41, 5.74) is 0. The summed E-state index contributed by atoms with van der Waals surface area (Å²) in [4.78, 5) is 26.4. The molecule has 21 heavy (non-hydrogen) atoms. The van der Waals surface area contributed by atoms with Crippen molar-refractivity contribution in [1.82, 2.24) is 9.80 Å². The van der Waals surface area contributed by atoms with E-state index in [0.29, 0.717) is 24.3 Å². The third kappa shape index (κ3) is 3.32. The van der Waals surface area contributed by atoms with E-state index in [1.165, 1.54) is 0 Å². The molecule has 7 heteroatoms. The lowest BCUT2D eigenvalue weighted by Crippen LogP contribution is -2.54. The fourth-order valence-corrected chi connectivity index (χ4v) is 3.34. The van der Waals surface area contributed by atoms with Gasteiger partial charge in [0.15, 0.2) is 0 Å². The summed E-state index contributed by atoms with van der Waals surface area (Å²) >= 11 is 0. The van der Waals surface area contributed by atoms with E-state index in [1.807, 2.05) is 6.92 Å². The topological polar surface area (TPSA) is 40.6 Å². The fourth-order valence-electron chi connectivity index (χ4n) is 3.34. The minimum Gasteiger partial charge on any atom is -0.338 e. The first kappa shape index (κ1) is 16.1. The van der Waals surface area contributed by atoms with Crippen LogP contribution in [-0.4, -0.2) is 53.0 Å². The van der Waals surface area contributed by atoms with Crippen LogP contribution in [0.1, 0.15) is 45.4 Å². The van der Waals surface area contributed by atoms with E-state index in [2.05, 4.69) is 0 Å². The molecule has 0 radical (unpaired) electrons. The second kappa shape index (κ2) is 6.23. The van der Waals surface area contributed by atoms with E-state index < -0.39 is 18.1 Å². The maximum atomic E-state index is 12.6. The first-order valence-corrected chi connectivity index (χ1v) is 7.54. The molecule has 2 amide bonds. The van der Waals surface area contributed by atoms with E-state index in [4.69, 9.17) is 0 Å². The van der Waals surface area contributed by atoms with Crippen molar-refractivity contribution >= 4 is 11.8 Å². The molecule has 2 heterocycles. The largest absolute Gasteiger partial charge is 0.471 e. The van der Waals surface area contributed by atoms with E-state index in [0.717, 1.165) is 25.7 Å². The monoisotopic (exact) mass is 306 g/mol. The second-order valence-electron chi connectivity index (χ2n) is 5.74. The van der Waals surface area contributed by atoms with E-state index in [9.17, 15) is 22.8 Å². The molecule has 2 aliphatic heterocycles. The van der Waals surface area contributed by atoms with Crippen molar-refractivity contribution in [2.45, 2.75) is 63.7 Å². The summed E-state index contributed by atoms with van der Waals surface area (Å²) in [6, 6.07) is -0.846. The van der Waals surface area contributed by atoms with Gasteiger partial charge < -0.3 is 9.80 Å². The molecule has 0 aliphatic carbocycles. The molecule has 2 unspecified atom stereocenters. The second-order valence-corrected chi connectivity index (χ2v) is 5.74. The molecular formula is C14H21F3N2O2. The lowest BCUT2D eigenvalue weighted by atomic mass is 9.98. The highest BCUT2D eigenvalue weighted by molar-refractivity contribution is 5.90. The highest BCUT2D eigenvalue weighted by Gasteiger charge is 2.48. The van der Waals surface area contributed by atoms with Crippen molar-refractivity contribution in [2.24, 2.45) is 0 Å². The summed E-state index contributed by atoms with van der Waals surface area (Å²) in [5.74, 6) is -2.19. The predicted octanol–water partition coefficient (Wildman–Crippen LogP) is 2.33. The number of hydrogen-bond acceptors (Lipinski definition) is 2. The summed E-state index contributed by atoms with van der Waals surface area (Å²) in [6.07, 6.45) is -0.528. The number of halogens is 3. The number of likely N-dealkylation sites (tertiary alicyclic amines) is 2. The summed E-state index contributed by atoms with van der Waals surface area (Å²) in [7, 11) is 0. The van der Waals surface area contributed by atoms with Gasteiger partial charge in [-0.2, -0.15) is 13.2 Å². The lowest BCUT2D eigenvalue weighted by molar-refractivity contribution is -0.187. The van der Waals surface area contributed by atoms with Crippen LogP contribution in [0.25, 0.3) is 0 Å². The minimum absolute atomic E-state index is 0.0133. The van der Waals surface area contributed by atoms with Crippen LogP contribution in [0.5, 0.6) is 0 Å². The number of carbonyl (C=O) groups excluding carboxylic acids is 2. The number of rotatable bonds is 2. The van der Waals surface area contributed by atoms with Crippen molar-refractivity contribution in [3.8, 4) is 0 Å².